The van der Waals surface area contributed by atoms with Crippen molar-refractivity contribution in [2.45, 2.75) is 37.3 Å². The van der Waals surface area contributed by atoms with Gasteiger partial charge in [-0.15, -0.1) is 0 Å². The van der Waals surface area contributed by atoms with E-state index in [4.69, 9.17) is 16.3 Å². The highest BCUT2D eigenvalue weighted by Gasteiger charge is 2.58. The number of hydrogen-bond donors (Lipinski definition) is 0. The van der Waals surface area contributed by atoms with Gasteiger partial charge in [0.05, 0.1) is 71.1 Å². The lowest BCUT2D eigenvalue weighted by molar-refractivity contribution is -0.0977. The van der Waals surface area contributed by atoms with Crippen molar-refractivity contribution in [3.8, 4) is 11.8 Å². The number of nitriles is 1. The van der Waals surface area contributed by atoms with Crippen molar-refractivity contribution in [3.05, 3.63) is 35.7 Å². The maximum Gasteiger partial charge on any atom is 0.103 e. The fourth-order valence-electron chi connectivity index (χ4n) is 6.49. The molecule has 176 valence electrons. The SMILES string of the molecule is C[C@]1(N2CCN(c3cc4c(cnn4-c4cnn(C56CC(C5)C6)c4)cc3Cl)CC2)COC[C@@H]1C#N. The van der Waals surface area contributed by atoms with Gasteiger partial charge >= 0.3 is 0 Å². The molecular formula is C25H28ClN7O. The molecule has 4 heterocycles. The average Bonchev–Trinajstić information content (AvgIpc) is 3.50. The van der Waals surface area contributed by atoms with Gasteiger partial charge in [0.15, 0.2) is 0 Å². The highest BCUT2D eigenvalue weighted by molar-refractivity contribution is 6.34. The quantitative estimate of drug-likeness (QED) is 0.573. The predicted molar refractivity (Wildman–Crippen MR) is 129 cm³/mol. The molecule has 2 bridgehead atoms. The Morgan fingerprint density at radius 2 is 1.91 bits per heavy atom. The summed E-state index contributed by atoms with van der Waals surface area (Å²) in [5.74, 6) is 0.831. The minimum Gasteiger partial charge on any atom is -0.378 e. The van der Waals surface area contributed by atoms with Gasteiger partial charge in [0.25, 0.3) is 0 Å². The summed E-state index contributed by atoms with van der Waals surface area (Å²) < 4.78 is 9.80. The summed E-state index contributed by atoms with van der Waals surface area (Å²) in [4.78, 5) is 4.77. The molecule has 1 aromatic carbocycles. The molecule has 8 rings (SSSR count). The number of rotatable bonds is 4. The summed E-state index contributed by atoms with van der Waals surface area (Å²) in [6, 6.07) is 6.63. The van der Waals surface area contributed by atoms with E-state index in [0.29, 0.717) is 13.2 Å². The van der Waals surface area contributed by atoms with Gasteiger partial charge in [-0.25, -0.2) is 4.68 Å². The Hall–Kier alpha value is -2.60. The minimum absolute atomic E-state index is 0.0837. The van der Waals surface area contributed by atoms with Gasteiger partial charge in [0.1, 0.15) is 5.69 Å². The highest BCUT2D eigenvalue weighted by Crippen LogP contribution is 2.62. The molecule has 5 fully saturated rings. The third-order valence-corrected chi connectivity index (χ3v) is 9.17. The molecule has 2 aliphatic heterocycles. The van der Waals surface area contributed by atoms with Crippen molar-refractivity contribution in [1.29, 1.82) is 5.26 Å². The topological polar surface area (TPSA) is 75.1 Å². The van der Waals surface area contributed by atoms with Gasteiger partial charge < -0.3 is 9.64 Å². The first kappa shape index (κ1) is 20.7. The van der Waals surface area contributed by atoms with Crippen LogP contribution in [0.3, 0.4) is 0 Å². The molecule has 2 saturated heterocycles. The molecule has 0 spiro atoms. The van der Waals surface area contributed by atoms with Gasteiger partial charge in [-0.1, -0.05) is 11.6 Å². The van der Waals surface area contributed by atoms with Crippen molar-refractivity contribution in [3.63, 3.8) is 0 Å². The summed E-state index contributed by atoms with van der Waals surface area (Å²) in [5, 5.41) is 20.7. The fraction of sp³-hybridized carbons (Fsp3) is 0.560. The second kappa shape index (κ2) is 7.20. The number of piperazine rings is 1. The van der Waals surface area contributed by atoms with E-state index in [0.717, 1.165) is 59.4 Å². The normalized spacial score (nSPS) is 33.0. The van der Waals surface area contributed by atoms with E-state index in [1.54, 1.807) is 0 Å². The third kappa shape index (κ3) is 2.84. The Morgan fingerprint density at radius 1 is 1.12 bits per heavy atom. The molecule has 0 amide bonds. The standard InChI is InChI=1S/C25H28ClN7O/c1-24(16-34-15-19(24)11-27)31-4-2-30(3-5-31)23-7-22-18(6-21(23)26)12-29-33(22)20-13-28-32(14-20)25-8-17(9-25)10-25/h6-7,12-14,17,19H,2-5,8-10,15-16H2,1H3/t17?,19-,24-,25?/m0/s1. The van der Waals surface area contributed by atoms with Crippen LogP contribution in [0.5, 0.6) is 0 Å². The molecule has 9 heteroatoms. The zero-order chi connectivity index (χ0) is 23.1. The molecular weight excluding hydrogens is 450 g/mol. The van der Waals surface area contributed by atoms with Crippen molar-refractivity contribution in [1.82, 2.24) is 24.5 Å². The van der Waals surface area contributed by atoms with Crippen LogP contribution >= 0.6 is 11.6 Å². The molecule has 3 saturated carbocycles. The Morgan fingerprint density at radius 3 is 2.62 bits per heavy atom. The van der Waals surface area contributed by atoms with Crippen LogP contribution in [0, 0.1) is 23.2 Å². The van der Waals surface area contributed by atoms with Crippen LogP contribution in [0.2, 0.25) is 5.02 Å². The van der Waals surface area contributed by atoms with Gasteiger partial charge in [0.2, 0.25) is 0 Å². The predicted octanol–water partition coefficient (Wildman–Crippen LogP) is 3.44. The summed E-state index contributed by atoms with van der Waals surface area (Å²) in [6.45, 7) is 6.77. The Balaban J connectivity index is 1.15. The first-order valence-corrected chi connectivity index (χ1v) is 12.6. The van der Waals surface area contributed by atoms with E-state index in [1.165, 1.54) is 19.3 Å². The van der Waals surface area contributed by atoms with E-state index < -0.39 is 0 Å². The Labute approximate surface area is 203 Å². The van der Waals surface area contributed by atoms with Crippen molar-refractivity contribution < 1.29 is 4.74 Å². The molecule has 0 N–H and O–H groups in total. The molecule has 8 nitrogen and oxygen atoms in total. The van der Waals surface area contributed by atoms with Gasteiger partial charge in [-0.05, 0) is 44.2 Å². The van der Waals surface area contributed by atoms with E-state index >= 15 is 0 Å². The lowest BCUT2D eigenvalue weighted by Crippen LogP contribution is -2.59. The number of fused-ring (bicyclic) bond motifs is 1. The van der Waals surface area contributed by atoms with Gasteiger partial charge in [-0.2, -0.15) is 15.5 Å². The lowest BCUT2D eigenvalue weighted by atomic mass is 9.50. The second-order valence-electron chi connectivity index (χ2n) is 10.8. The van der Waals surface area contributed by atoms with E-state index in [-0.39, 0.29) is 17.0 Å². The number of nitrogens with zero attached hydrogens (tertiary/aromatic N) is 7. The fourth-order valence-corrected chi connectivity index (χ4v) is 6.78. The molecule has 2 aromatic heterocycles. The van der Waals surface area contributed by atoms with E-state index in [2.05, 4.69) is 49.9 Å². The maximum absolute atomic E-state index is 9.57. The zero-order valence-corrected chi connectivity index (χ0v) is 20.1. The number of anilines is 1. The summed E-state index contributed by atoms with van der Waals surface area (Å²) in [5.41, 5.74) is 3.13. The molecule has 3 aliphatic carbocycles. The minimum atomic E-state index is -0.215. The molecule has 3 aromatic rings. The van der Waals surface area contributed by atoms with Crippen LogP contribution in [0.15, 0.2) is 30.7 Å². The van der Waals surface area contributed by atoms with Crippen LogP contribution < -0.4 is 4.90 Å². The second-order valence-corrected chi connectivity index (χ2v) is 11.2. The Kier molecular flexibility index (Phi) is 4.39. The first-order valence-electron chi connectivity index (χ1n) is 12.2. The van der Waals surface area contributed by atoms with Gasteiger partial charge in [-0.3, -0.25) is 9.58 Å². The van der Waals surface area contributed by atoms with Crippen LogP contribution in [-0.2, 0) is 10.3 Å². The van der Waals surface area contributed by atoms with E-state index in [1.807, 2.05) is 23.1 Å². The number of ether oxygens (including phenoxy) is 1. The highest BCUT2D eigenvalue weighted by atomic mass is 35.5. The lowest BCUT2D eigenvalue weighted by Gasteiger charge is -2.61. The number of aromatic nitrogens is 4. The number of halogens is 1. The van der Waals surface area contributed by atoms with Crippen LogP contribution in [0.1, 0.15) is 26.2 Å². The largest absolute Gasteiger partial charge is 0.378 e. The van der Waals surface area contributed by atoms with Crippen molar-refractivity contribution >= 4 is 28.2 Å². The van der Waals surface area contributed by atoms with Crippen LogP contribution in [0.4, 0.5) is 5.69 Å². The number of hydrogen-bond acceptors (Lipinski definition) is 6. The smallest absolute Gasteiger partial charge is 0.103 e. The summed E-state index contributed by atoms with van der Waals surface area (Å²) in [6.07, 6.45) is 9.74. The molecule has 0 radical (unpaired) electrons. The molecule has 5 aliphatic rings. The van der Waals surface area contributed by atoms with Gasteiger partial charge in [0, 0.05) is 31.6 Å². The summed E-state index contributed by atoms with van der Waals surface area (Å²) >= 11 is 6.75. The van der Waals surface area contributed by atoms with E-state index in [9.17, 15) is 5.26 Å². The molecule has 34 heavy (non-hydrogen) atoms. The third-order valence-electron chi connectivity index (χ3n) is 8.87. The zero-order valence-electron chi connectivity index (χ0n) is 19.3. The van der Waals surface area contributed by atoms with Crippen molar-refractivity contribution in [2.24, 2.45) is 11.8 Å². The maximum atomic E-state index is 9.57. The van der Waals surface area contributed by atoms with Crippen LogP contribution in [0.25, 0.3) is 16.6 Å². The number of benzene rings is 1. The van der Waals surface area contributed by atoms with Crippen molar-refractivity contribution in [2.75, 3.05) is 44.3 Å². The molecule has 0 unspecified atom stereocenters. The summed E-state index contributed by atoms with van der Waals surface area (Å²) in [7, 11) is 0. The average molecular weight is 478 g/mol. The molecule has 2 atom stereocenters. The van der Waals surface area contributed by atoms with Crippen LogP contribution in [-0.4, -0.2) is 69.4 Å². The first-order chi connectivity index (χ1) is 16.5. The Bertz CT molecular complexity index is 1300. The monoisotopic (exact) mass is 477 g/mol.